The molecule has 1 aliphatic rings. The largest absolute Gasteiger partial charge is 0.333 e. The molecule has 0 radical (unpaired) electrons. The third kappa shape index (κ3) is 4.59. The molecule has 5 nitrogen and oxygen atoms in total. The van der Waals surface area contributed by atoms with E-state index in [1.165, 1.54) is 37.5 Å². The molecule has 1 aliphatic carbocycles. The van der Waals surface area contributed by atoms with E-state index in [1.807, 2.05) is 0 Å². The number of aromatic nitrogens is 1. The Morgan fingerprint density at radius 2 is 2.15 bits per heavy atom. The van der Waals surface area contributed by atoms with E-state index in [4.69, 9.17) is 0 Å². The average molecular weight is 295 g/mol. The Hall–Kier alpha value is -1.43. The van der Waals surface area contributed by atoms with Gasteiger partial charge in [0.1, 0.15) is 0 Å². The van der Waals surface area contributed by atoms with Crippen LogP contribution in [-0.4, -0.2) is 34.8 Å². The van der Waals surface area contributed by atoms with Crippen molar-refractivity contribution >= 4 is 28.3 Å². The van der Waals surface area contributed by atoms with E-state index < -0.39 is 0 Å². The summed E-state index contributed by atoms with van der Waals surface area (Å²) in [6.07, 6.45) is 7.74. The Kier molecular flexibility index (Phi) is 5.52. The molecule has 0 aliphatic heterocycles. The van der Waals surface area contributed by atoms with E-state index in [9.17, 15) is 9.59 Å². The van der Waals surface area contributed by atoms with Gasteiger partial charge >= 0.3 is 0 Å². The Balaban J connectivity index is 1.84. The first kappa shape index (κ1) is 15.0. The van der Waals surface area contributed by atoms with Crippen LogP contribution in [0, 0.1) is 5.92 Å². The van der Waals surface area contributed by atoms with Crippen LogP contribution in [0.25, 0.3) is 0 Å². The monoisotopic (exact) mass is 295 g/mol. The zero-order valence-corrected chi connectivity index (χ0v) is 12.6. The van der Waals surface area contributed by atoms with E-state index in [1.54, 1.807) is 16.5 Å². The molecule has 0 aromatic carbocycles. The summed E-state index contributed by atoms with van der Waals surface area (Å²) in [5, 5.41) is 5.10. The molecule has 2 amide bonds. The van der Waals surface area contributed by atoms with E-state index >= 15 is 0 Å². The molecule has 20 heavy (non-hydrogen) atoms. The summed E-state index contributed by atoms with van der Waals surface area (Å²) >= 11 is 1.38. The van der Waals surface area contributed by atoms with Gasteiger partial charge in [-0.25, -0.2) is 4.98 Å². The molecule has 1 aromatic heterocycles. The molecule has 1 saturated carbocycles. The van der Waals surface area contributed by atoms with Gasteiger partial charge in [0.25, 0.3) is 0 Å². The van der Waals surface area contributed by atoms with E-state index in [2.05, 4.69) is 10.3 Å². The van der Waals surface area contributed by atoms with Gasteiger partial charge in [0.15, 0.2) is 5.13 Å². The van der Waals surface area contributed by atoms with Crippen molar-refractivity contribution in [2.75, 3.05) is 18.4 Å². The topological polar surface area (TPSA) is 62.3 Å². The molecule has 110 valence electrons. The Labute approximate surface area is 123 Å². The normalized spacial score (nSPS) is 15.8. The summed E-state index contributed by atoms with van der Waals surface area (Å²) in [6.45, 7) is 2.34. The van der Waals surface area contributed by atoms with Crippen LogP contribution in [0.15, 0.2) is 11.6 Å². The van der Waals surface area contributed by atoms with Crippen molar-refractivity contribution in [3.63, 3.8) is 0 Å². The highest BCUT2D eigenvalue weighted by atomic mass is 32.1. The quantitative estimate of drug-likeness (QED) is 0.908. The number of nitrogens with one attached hydrogen (secondary N) is 1. The van der Waals surface area contributed by atoms with E-state index in [0.717, 1.165) is 12.8 Å². The number of thiazole rings is 1. The number of hydrogen-bond donors (Lipinski definition) is 1. The van der Waals surface area contributed by atoms with Gasteiger partial charge in [0.2, 0.25) is 11.8 Å². The third-order valence-electron chi connectivity index (χ3n) is 3.66. The molecule has 0 bridgehead atoms. The lowest BCUT2D eigenvalue weighted by Crippen LogP contribution is -2.40. The molecule has 1 heterocycles. The zero-order chi connectivity index (χ0) is 14.4. The maximum atomic E-state index is 11.9. The van der Waals surface area contributed by atoms with Crippen LogP contribution in [-0.2, 0) is 9.59 Å². The van der Waals surface area contributed by atoms with Crippen LogP contribution in [0.1, 0.15) is 39.0 Å². The van der Waals surface area contributed by atoms with Crippen LogP contribution in [0.2, 0.25) is 0 Å². The lowest BCUT2D eigenvalue weighted by atomic mass is 9.89. The number of nitrogens with zero attached hydrogens (tertiary/aromatic N) is 2. The number of carbonyl (C=O) groups excluding carboxylic acids is 2. The van der Waals surface area contributed by atoms with Crippen molar-refractivity contribution in [3.8, 4) is 0 Å². The highest BCUT2D eigenvalue weighted by Gasteiger charge is 2.21. The van der Waals surface area contributed by atoms with Gasteiger partial charge in [-0.15, -0.1) is 11.3 Å². The molecule has 0 saturated heterocycles. The zero-order valence-electron chi connectivity index (χ0n) is 11.8. The Morgan fingerprint density at radius 3 is 2.75 bits per heavy atom. The summed E-state index contributed by atoms with van der Waals surface area (Å²) in [4.78, 5) is 29.3. The number of amides is 2. The standard InChI is InChI=1S/C14H21N3O2S/c1-11(18)17(9-12-5-3-2-4-6-12)10-13(19)16-14-15-7-8-20-14/h7-8,12H,2-6,9-10H2,1H3,(H,15,16,19). The van der Waals surface area contributed by atoms with Gasteiger partial charge in [0.05, 0.1) is 6.54 Å². The molecule has 2 rings (SSSR count). The Bertz CT molecular complexity index is 441. The van der Waals surface area contributed by atoms with Gasteiger partial charge in [-0.05, 0) is 18.8 Å². The summed E-state index contributed by atoms with van der Waals surface area (Å²) in [5.41, 5.74) is 0. The maximum absolute atomic E-state index is 11.9. The highest BCUT2D eigenvalue weighted by molar-refractivity contribution is 7.13. The predicted molar refractivity (Wildman–Crippen MR) is 79.6 cm³/mol. The summed E-state index contributed by atoms with van der Waals surface area (Å²) in [6, 6.07) is 0. The molecule has 6 heteroatoms. The van der Waals surface area contributed by atoms with Crippen LogP contribution in [0.3, 0.4) is 0 Å². The van der Waals surface area contributed by atoms with Crippen molar-refractivity contribution in [2.45, 2.75) is 39.0 Å². The first-order chi connectivity index (χ1) is 9.65. The molecule has 0 unspecified atom stereocenters. The minimum absolute atomic E-state index is 0.0372. The molecular formula is C14H21N3O2S. The molecule has 1 fully saturated rings. The predicted octanol–water partition coefficient (Wildman–Crippen LogP) is 2.51. The van der Waals surface area contributed by atoms with Crippen LogP contribution >= 0.6 is 11.3 Å². The number of hydrogen-bond acceptors (Lipinski definition) is 4. The van der Waals surface area contributed by atoms with E-state index in [-0.39, 0.29) is 18.4 Å². The van der Waals surface area contributed by atoms with Gasteiger partial charge in [-0.2, -0.15) is 0 Å². The summed E-state index contributed by atoms with van der Waals surface area (Å²) in [7, 11) is 0. The minimum Gasteiger partial charge on any atom is -0.333 e. The van der Waals surface area contributed by atoms with E-state index in [0.29, 0.717) is 17.6 Å². The lowest BCUT2D eigenvalue weighted by molar-refractivity contribution is -0.133. The summed E-state index contributed by atoms with van der Waals surface area (Å²) in [5.74, 6) is 0.330. The van der Waals surface area contributed by atoms with Gasteiger partial charge in [-0.1, -0.05) is 19.3 Å². The van der Waals surface area contributed by atoms with Crippen LogP contribution in [0.4, 0.5) is 5.13 Å². The number of anilines is 1. The molecule has 0 atom stereocenters. The fraction of sp³-hybridized carbons (Fsp3) is 0.643. The van der Waals surface area contributed by atoms with Crippen molar-refractivity contribution in [3.05, 3.63) is 11.6 Å². The fourth-order valence-corrected chi connectivity index (χ4v) is 3.15. The number of carbonyl (C=O) groups is 2. The first-order valence-corrected chi connectivity index (χ1v) is 7.98. The maximum Gasteiger partial charge on any atom is 0.245 e. The number of rotatable bonds is 5. The van der Waals surface area contributed by atoms with Crippen molar-refractivity contribution in [1.29, 1.82) is 0 Å². The highest BCUT2D eigenvalue weighted by Crippen LogP contribution is 2.24. The molecule has 0 spiro atoms. The Morgan fingerprint density at radius 1 is 1.40 bits per heavy atom. The van der Waals surface area contributed by atoms with Crippen LogP contribution in [0.5, 0.6) is 0 Å². The smallest absolute Gasteiger partial charge is 0.245 e. The lowest BCUT2D eigenvalue weighted by Gasteiger charge is -2.28. The second kappa shape index (κ2) is 7.38. The molecular weight excluding hydrogens is 274 g/mol. The van der Waals surface area contributed by atoms with Gasteiger partial charge < -0.3 is 10.2 Å². The van der Waals surface area contributed by atoms with Gasteiger partial charge in [-0.3, -0.25) is 9.59 Å². The second-order valence-corrected chi connectivity index (χ2v) is 6.18. The van der Waals surface area contributed by atoms with Gasteiger partial charge in [0, 0.05) is 25.0 Å². The molecule has 1 aromatic rings. The summed E-state index contributed by atoms with van der Waals surface area (Å²) < 4.78 is 0. The second-order valence-electron chi connectivity index (χ2n) is 5.29. The van der Waals surface area contributed by atoms with Crippen LogP contribution < -0.4 is 5.32 Å². The van der Waals surface area contributed by atoms with Crippen molar-refractivity contribution < 1.29 is 9.59 Å². The van der Waals surface area contributed by atoms with Crippen molar-refractivity contribution in [2.24, 2.45) is 5.92 Å². The SMILES string of the molecule is CC(=O)N(CC(=O)Nc1nccs1)CC1CCCCC1. The minimum atomic E-state index is -0.175. The third-order valence-corrected chi connectivity index (χ3v) is 4.35. The fourth-order valence-electron chi connectivity index (χ4n) is 2.60. The molecule has 1 N–H and O–H groups in total. The average Bonchev–Trinajstić information content (AvgIpc) is 2.92. The first-order valence-electron chi connectivity index (χ1n) is 7.10. The van der Waals surface area contributed by atoms with Crippen molar-refractivity contribution in [1.82, 2.24) is 9.88 Å².